The van der Waals surface area contributed by atoms with E-state index >= 15 is 0 Å². The van der Waals surface area contributed by atoms with Crippen LogP contribution < -0.4 is 15.1 Å². The summed E-state index contributed by atoms with van der Waals surface area (Å²) in [6.45, 7) is 4.30. The largest absolute Gasteiger partial charge is 0.508 e. The second-order valence-electron chi connectivity index (χ2n) is 7.71. The van der Waals surface area contributed by atoms with E-state index in [0.717, 1.165) is 48.9 Å². The van der Waals surface area contributed by atoms with Crippen LogP contribution in [-0.2, 0) is 4.79 Å². The summed E-state index contributed by atoms with van der Waals surface area (Å²) in [7, 11) is 2.04. The summed E-state index contributed by atoms with van der Waals surface area (Å²) in [4.78, 5) is 20.0. The molecule has 6 nitrogen and oxygen atoms in total. The zero-order valence-electron chi connectivity index (χ0n) is 17.1. The van der Waals surface area contributed by atoms with Crippen LogP contribution in [0.3, 0.4) is 0 Å². The van der Waals surface area contributed by atoms with E-state index in [4.69, 9.17) is 0 Å². The molecule has 8 heteroatoms. The molecule has 2 aromatic rings. The third-order valence-electron chi connectivity index (χ3n) is 5.66. The molecule has 2 aliphatic rings. The van der Waals surface area contributed by atoms with Crippen molar-refractivity contribution in [3.05, 3.63) is 48.3 Å². The minimum Gasteiger partial charge on any atom is -0.508 e. The van der Waals surface area contributed by atoms with Gasteiger partial charge in [-0.05, 0) is 48.9 Å². The fraction of sp³-hybridized carbons (Fsp3) is 0.409. The average Bonchev–Trinajstić information content (AvgIpc) is 3.04. The molecule has 0 saturated carbocycles. The Morgan fingerprint density at radius 2 is 1.90 bits per heavy atom. The number of aromatic hydroxyl groups is 1. The standard InChI is InChI=1S/C22H27FN4O2S/c1-25-19-7-6-18(28)14-20(19)30-22(25)8-9-24-21(29)15-26-10-12-27(13-11-26)17-4-2-16(23)3-5-17/h2-7,14,22,28H,8-13,15H2,1H3,(H,24,29). The van der Waals surface area contributed by atoms with Gasteiger partial charge in [-0.1, -0.05) is 11.8 Å². The number of rotatable bonds is 6. The van der Waals surface area contributed by atoms with Crippen molar-refractivity contribution in [1.29, 1.82) is 0 Å². The Kier molecular flexibility index (Phi) is 6.34. The van der Waals surface area contributed by atoms with Crippen molar-refractivity contribution < 1.29 is 14.3 Å². The molecule has 1 unspecified atom stereocenters. The number of nitrogens with one attached hydrogen (secondary N) is 1. The normalized spacial score (nSPS) is 19.1. The van der Waals surface area contributed by atoms with Crippen molar-refractivity contribution in [2.75, 3.05) is 56.1 Å². The number of nitrogens with zero attached hydrogens (tertiary/aromatic N) is 3. The molecule has 0 aliphatic carbocycles. The molecule has 30 heavy (non-hydrogen) atoms. The SMILES string of the molecule is CN1c2ccc(O)cc2SC1CCNC(=O)CN1CCN(c2ccc(F)cc2)CC1. The first-order valence-electron chi connectivity index (χ1n) is 10.2. The number of benzene rings is 2. The summed E-state index contributed by atoms with van der Waals surface area (Å²) in [5.41, 5.74) is 2.14. The summed E-state index contributed by atoms with van der Waals surface area (Å²) in [5.74, 6) is 0.104. The molecule has 1 fully saturated rings. The average molecular weight is 431 g/mol. The van der Waals surface area contributed by atoms with Crippen LogP contribution in [0.15, 0.2) is 47.4 Å². The van der Waals surface area contributed by atoms with Gasteiger partial charge in [0.15, 0.2) is 0 Å². The predicted octanol–water partition coefficient (Wildman–Crippen LogP) is 2.73. The molecule has 2 aliphatic heterocycles. The molecule has 0 radical (unpaired) electrons. The third-order valence-corrected chi connectivity index (χ3v) is 7.07. The molecular formula is C22H27FN4O2S. The first-order chi connectivity index (χ1) is 14.5. The number of phenols is 1. The molecule has 160 valence electrons. The van der Waals surface area contributed by atoms with Crippen LogP contribution in [0.1, 0.15) is 6.42 Å². The molecule has 2 aromatic carbocycles. The zero-order valence-corrected chi connectivity index (χ0v) is 17.9. The van der Waals surface area contributed by atoms with E-state index in [2.05, 4.69) is 20.0 Å². The Balaban J connectivity index is 1.17. The molecule has 0 bridgehead atoms. The van der Waals surface area contributed by atoms with E-state index in [1.54, 1.807) is 36.0 Å². The molecule has 1 saturated heterocycles. The quantitative estimate of drug-likeness (QED) is 0.735. The third kappa shape index (κ3) is 4.82. The van der Waals surface area contributed by atoms with Gasteiger partial charge in [0.05, 0.1) is 17.6 Å². The highest BCUT2D eigenvalue weighted by Gasteiger charge is 2.27. The molecule has 4 rings (SSSR count). The lowest BCUT2D eigenvalue weighted by atomic mass is 10.2. The number of carbonyl (C=O) groups is 1. The highest BCUT2D eigenvalue weighted by atomic mass is 32.2. The minimum atomic E-state index is -0.224. The van der Waals surface area contributed by atoms with Crippen LogP contribution in [0.5, 0.6) is 5.75 Å². The summed E-state index contributed by atoms with van der Waals surface area (Å²) in [6, 6.07) is 12.0. The summed E-state index contributed by atoms with van der Waals surface area (Å²) in [5, 5.41) is 12.9. The van der Waals surface area contributed by atoms with E-state index in [1.807, 2.05) is 13.1 Å². The smallest absolute Gasteiger partial charge is 0.234 e. The van der Waals surface area contributed by atoms with Crippen LogP contribution in [0.4, 0.5) is 15.8 Å². The number of amides is 1. The number of thioether (sulfide) groups is 1. The second-order valence-corrected chi connectivity index (χ2v) is 8.93. The number of piperazine rings is 1. The number of phenolic OH excluding ortho intramolecular Hbond substituents is 1. The summed E-state index contributed by atoms with van der Waals surface area (Å²) >= 11 is 1.72. The second kappa shape index (κ2) is 9.14. The van der Waals surface area contributed by atoms with Crippen molar-refractivity contribution in [2.45, 2.75) is 16.7 Å². The van der Waals surface area contributed by atoms with Gasteiger partial charge in [0.25, 0.3) is 0 Å². The van der Waals surface area contributed by atoms with Crippen LogP contribution in [0.25, 0.3) is 0 Å². The number of halogens is 1. The Morgan fingerprint density at radius 3 is 2.63 bits per heavy atom. The summed E-state index contributed by atoms with van der Waals surface area (Å²) < 4.78 is 13.1. The number of hydrogen-bond acceptors (Lipinski definition) is 6. The molecule has 0 aromatic heterocycles. The van der Waals surface area contributed by atoms with Crippen LogP contribution in [-0.4, -0.2) is 67.6 Å². The molecule has 1 amide bonds. The van der Waals surface area contributed by atoms with Crippen molar-refractivity contribution in [3.63, 3.8) is 0 Å². The topological polar surface area (TPSA) is 59.1 Å². The van der Waals surface area contributed by atoms with Gasteiger partial charge in [-0.3, -0.25) is 9.69 Å². The van der Waals surface area contributed by atoms with Crippen molar-refractivity contribution >= 4 is 29.0 Å². The lowest BCUT2D eigenvalue weighted by Crippen LogP contribution is -2.49. The first kappa shape index (κ1) is 20.8. The fourth-order valence-corrected chi connectivity index (χ4v) is 5.25. The van der Waals surface area contributed by atoms with E-state index in [0.29, 0.717) is 13.1 Å². The number of carbonyl (C=O) groups excluding carboxylic acids is 1. The van der Waals surface area contributed by atoms with Crippen molar-refractivity contribution in [1.82, 2.24) is 10.2 Å². The van der Waals surface area contributed by atoms with Crippen LogP contribution in [0.2, 0.25) is 0 Å². The Bertz CT molecular complexity index is 887. The van der Waals surface area contributed by atoms with Crippen LogP contribution in [0, 0.1) is 5.82 Å². The van der Waals surface area contributed by atoms with Crippen molar-refractivity contribution in [2.24, 2.45) is 0 Å². The maximum Gasteiger partial charge on any atom is 0.234 e. The van der Waals surface area contributed by atoms with E-state index in [1.165, 1.54) is 12.1 Å². The molecule has 1 atom stereocenters. The number of fused-ring (bicyclic) bond motifs is 1. The Hall–Kier alpha value is -2.45. The van der Waals surface area contributed by atoms with Crippen molar-refractivity contribution in [3.8, 4) is 5.75 Å². The molecule has 0 spiro atoms. The fourth-order valence-electron chi connectivity index (χ4n) is 3.93. The highest BCUT2D eigenvalue weighted by molar-refractivity contribution is 8.00. The van der Waals surface area contributed by atoms with Gasteiger partial charge < -0.3 is 20.2 Å². The van der Waals surface area contributed by atoms with Gasteiger partial charge in [0.2, 0.25) is 5.91 Å². The zero-order chi connectivity index (χ0) is 21.1. The van der Waals surface area contributed by atoms with Gasteiger partial charge in [-0.15, -0.1) is 0 Å². The maximum atomic E-state index is 13.1. The Morgan fingerprint density at radius 1 is 1.17 bits per heavy atom. The number of hydrogen-bond donors (Lipinski definition) is 2. The lowest BCUT2D eigenvalue weighted by Gasteiger charge is -2.35. The van der Waals surface area contributed by atoms with Gasteiger partial charge in [-0.25, -0.2) is 4.39 Å². The first-order valence-corrected chi connectivity index (χ1v) is 11.1. The van der Waals surface area contributed by atoms with E-state index < -0.39 is 0 Å². The Labute approximate surface area is 180 Å². The number of anilines is 2. The monoisotopic (exact) mass is 430 g/mol. The van der Waals surface area contributed by atoms with Crippen LogP contribution >= 0.6 is 11.8 Å². The summed E-state index contributed by atoms with van der Waals surface area (Å²) in [6.07, 6.45) is 0.834. The van der Waals surface area contributed by atoms with Gasteiger partial charge in [0, 0.05) is 50.4 Å². The molecule has 2 N–H and O–H groups in total. The maximum absolute atomic E-state index is 13.1. The molecular weight excluding hydrogens is 403 g/mol. The lowest BCUT2D eigenvalue weighted by molar-refractivity contribution is -0.122. The predicted molar refractivity (Wildman–Crippen MR) is 119 cm³/mol. The van der Waals surface area contributed by atoms with E-state index in [9.17, 15) is 14.3 Å². The van der Waals surface area contributed by atoms with Gasteiger partial charge in [-0.2, -0.15) is 0 Å². The molecule has 2 heterocycles. The van der Waals surface area contributed by atoms with Gasteiger partial charge in [0.1, 0.15) is 11.6 Å². The highest BCUT2D eigenvalue weighted by Crippen LogP contribution is 2.44. The van der Waals surface area contributed by atoms with Gasteiger partial charge >= 0.3 is 0 Å². The minimum absolute atomic E-state index is 0.0473. The van der Waals surface area contributed by atoms with E-state index in [-0.39, 0.29) is 22.8 Å².